The highest BCUT2D eigenvalue weighted by Gasteiger charge is 2.13. The molecule has 0 saturated heterocycles. The van der Waals surface area contributed by atoms with Crippen LogP contribution >= 0.6 is 0 Å². The Morgan fingerprint density at radius 3 is 2.52 bits per heavy atom. The van der Waals surface area contributed by atoms with Gasteiger partial charge in [-0.1, -0.05) is 32.0 Å². The molecular formula is C18H32N2O. The largest absolute Gasteiger partial charge is 0.496 e. The van der Waals surface area contributed by atoms with Crippen molar-refractivity contribution in [1.82, 2.24) is 4.90 Å². The van der Waals surface area contributed by atoms with Crippen LogP contribution in [-0.4, -0.2) is 32.1 Å². The second-order valence-corrected chi connectivity index (χ2v) is 6.27. The van der Waals surface area contributed by atoms with Crippen LogP contribution in [0.15, 0.2) is 24.3 Å². The molecule has 0 aromatic heterocycles. The predicted octanol–water partition coefficient (Wildman–Crippen LogP) is 3.53. The third-order valence-electron chi connectivity index (χ3n) is 4.23. The van der Waals surface area contributed by atoms with Gasteiger partial charge in [0.1, 0.15) is 5.75 Å². The van der Waals surface area contributed by atoms with Crippen molar-refractivity contribution in [2.45, 2.75) is 39.7 Å². The molecule has 0 bridgehead atoms. The number of nitrogens with zero attached hydrogens (tertiary/aromatic N) is 1. The van der Waals surface area contributed by atoms with E-state index < -0.39 is 0 Å². The van der Waals surface area contributed by atoms with Gasteiger partial charge in [-0.25, -0.2) is 0 Å². The first-order valence-corrected chi connectivity index (χ1v) is 8.09. The van der Waals surface area contributed by atoms with Gasteiger partial charge in [0.2, 0.25) is 0 Å². The maximum Gasteiger partial charge on any atom is 0.123 e. The minimum absolute atomic E-state index is 0.730. The number of rotatable bonds is 10. The molecule has 0 heterocycles. The van der Waals surface area contributed by atoms with E-state index >= 15 is 0 Å². The summed E-state index contributed by atoms with van der Waals surface area (Å²) in [5.41, 5.74) is 6.96. The van der Waals surface area contributed by atoms with Crippen molar-refractivity contribution < 1.29 is 4.74 Å². The van der Waals surface area contributed by atoms with Gasteiger partial charge in [0.15, 0.2) is 0 Å². The van der Waals surface area contributed by atoms with Crippen LogP contribution in [0, 0.1) is 11.8 Å². The van der Waals surface area contributed by atoms with Gasteiger partial charge >= 0.3 is 0 Å². The first kappa shape index (κ1) is 18.0. The van der Waals surface area contributed by atoms with Crippen LogP contribution in [0.2, 0.25) is 0 Å². The van der Waals surface area contributed by atoms with Crippen LogP contribution in [0.1, 0.15) is 38.7 Å². The summed E-state index contributed by atoms with van der Waals surface area (Å²) in [5.74, 6) is 2.47. The molecule has 0 saturated carbocycles. The quantitative estimate of drug-likeness (QED) is 0.717. The predicted molar refractivity (Wildman–Crippen MR) is 90.6 cm³/mol. The van der Waals surface area contributed by atoms with Crippen molar-refractivity contribution in [3.05, 3.63) is 29.8 Å². The molecule has 3 nitrogen and oxygen atoms in total. The normalized spacial score (nSPS) is 12.9. The van der Waals surface area contributed by atoms with Gasteiger partial charge in [-0.15, -0.1) is 0 Å². The van der Waals surface area contributed by atoms with Crippen molar-refractivity contribution in [2.24, 2.45) is 17.6 Å². The van der Waals surface area contributed by atoms with E-state index in [1.807, 2.05) is 12.1 Å². The fourth-order valence-electron chi connectivity index (χ4n) is 2.85. The molecular weight excluding hydrogens is 260 g/mol. The monoisotopic (exact) mass is 292 g/mol. The summed E-state index contributed by atoms with van der Waals surface area (Å²) in [6, 6.07) is 8.25. The Balaban J connectivity index is 2.38. The first-order chi connectivity index (χ1) is 10.1. The van der Waals surface area contributed by atoms with Crippen molar-refractivity contribution >= 4 is 0 Å². The number of ether oxygens (including phenoxy) is 1. The topological polar surface area (TPSA) is 38.5 Å². The van der Waals surface area contributed by atoms with Crippen LogP contribution < -0.4 is 10.5 Å². The minimum atomic E-state index is 0.730. The molecule has 1 aromatic rings. The van der Waals surface area contributed by atoms with Gasteiger partial charge in [0.25, 0.3) is 0 Å². The Kier molecular flexibility index (Phi) is 8.40. The zero-order chi connectivity index (χ0) is 15.7. The van der Waals surface area contributed by atoms with E-state index in [0.717, 1.165) is 43.6 Å². The molecule has 0 radical (unpaired) electrons. The Morgan fingerprint density at radius 2 is 1.90 bits per heavy atom. The standard InChI is InChI=1S/C18H32N2O/c1-15(2)16(11-12-19)9-7-13-20(3)14-17-8-5-6-10-18(17)21-4/h5-6,8,10,15-16H,7,9,11-14,19H2,1-4H3. The minimum Gasteiger partial charge on any atom is -0.496 e. The van der Waals surface area contributed by atoms with Crippen LogP contribution in [-0.2, 0) is 6.54 Å². The number of nitrogens with two attached hydrogens (primary N) is 1. The molecule has 1 atom stereocenters. The summed E-state index contributed by atoms with van der Waals surface area (Å²) < 4.78 is 5.41. The van der Waals surface area contributed by atoms with E-state index in [4.69, 9.17) is 10.5 Å². The maximum absolute atomic E-state index is 5.71. The van der Waals surface area contributed by atoms with E-state index in [1.165, 1.54) is 18.4 Å². The lowest BCUT2D eigenvalue weighted by molar-refractivity contribution is 0.275. The van der Waals surface area contributed by atoms with Gasteiger partial charge in [-0.2, -0.15) is 0 Å². The molecule has 0 aliphatic rings. The van der Waals surface area contributed by atoms with Crippen molar-refractivity contribution in [1.29, 1.82) is 0 Å². The van der Waals surface area contributed by atoms with Gasteiger partial charge in [0, 0.05) is 12.1 Å². The fourth-order valence-corrected chi connectivity index (χ4v) is 2.85. The third kappa shape index (κ3) is 6.49. The zero-order valence-electron chi connectivity index (χ0n) is 14.1. The van der Waals surface area contributed by atoms with Crippen molar-refractivity contribution in [3.63, 3.8) is 0 Å². The Labute approximate surface area is 130 Å². The number of para-hydroxylation sites is 1. The Morgan fingerprint density at radius 1 is 1.19 bits per heavy atom. The van der Waals surface area contributed by atoms with Gasteiger partial charge in [-0.05, 0) is 57.3 Å². The first-order valence-electron chi connectivity index (χ1n) is 8.09. The molecule has 0 fully saturated rings. The van der Waals surface area contributed by atoms with Crippen molar-refractivity contribution in [2.75, 3.05) is 27.2 Å². The SMILES string of the molecule is COc1ccccc1CN(C)CCCC(CCN)C(C)C. The second kappa shape index (κ2) is 9.80. The average molecular weight is 292 g/mol. The highest BCUT2D eigenvalue weighted by atomic mass is 16.5. The molecule has 3 heteroatoms. The van der Waals surface area contributed by atoms with Crippen LogP contribution in [0.4, 0.5) is 0 Å². The number of benzene rings is 1. The Hall–Kier alpha value is -1.06. The highest BCUT2D eigenvalue weighted by Crippen LogP contribution is 2.22. The lowest BCUT2D eigenvalue weighted by Gasteiger charge is -2.22. The van der Waals surface area contributed by atoms with Crippen molar-refractivity contribution in [3.8, 4) is 5.75 Å². The summed E-state index contributed by atoms with van der Waals surface area (Å²) in [6.45, 7) is 7.47. The Bertz CT molecular complexity index is 393. The zero-order valence-corrected chi connectivity index (χ0v) is 14.1. The van der Waals surface area contributed by atoms with Crippen LogP contribution in [0.3, 0.4) is 0 Å². The number of hydrogen-bond acceptors (Lipinski definition) is 3. The lowest BCUT2D eigenvalue weighted by Crippen LogP contribution is -2.21. The van der Waals surface area contributed by atoms with E-state index in [2.05, 4.69) is 37.9 Å². The third-order valence-corrected chi connectivity index (χ3v) is 4.23. The molecule has 1 unspecified atom stereocenters. The van der Waals surface area contributed by atoms with E-state index in [1.54, 1.807) is 7.11 Å². The summed E-state index contributed by atoms with van der Waals surface area (Å²) in [7, 11) is 3.92. The lowest BCUT2D eigenvalue weighted by atomic mass is 9.88. The molecule has 0 aliphatic heterocycles. The fraction of sp³-hybridized carbons (Fsp3) is 0.667. The molecule has 120 valence electrons. The summed E-state index contributed by atoms with van der Waals surface area (Å²) in [6.07, 6.45) is 3.65. The molecule has 0 amide bonds. The van der Waals surface area contributed by atoms with E-state index in [-0.39, 0.29) is 0 Å². The van der Waals surface area contributed by atoms with E-state index in [9.17, 15) is 0 Å². The summed E-state index contributed by atoms with van der Waals surface area (Å²) >= 11 is 0. The number of methoxy groups -OCH3 is 1. The van der Waals surface area contributed by atoms with E-state index in [0.29, 0.717) is 0 Å². The molecule has 21 heavy (non-hydrogen) atoms. The van der Waals surface area contributed by atoms with Crippen LogP contribution in [0.25, 0.3) is 0 Å². The maximum atomic E-state index is 5.71. The smallest absolute Gasteiger partial charge is 0.123 e. The molecule has 1 rings (SSSR count). The molecule has 0 aliphatic carbocycles. The van der Waals surface area contributed by atoms with Gasteiger partial charge in [-0.3, -0.25) is 0 Å². The van der Waals surface area contributed by atoms with Crippen LogP contribution in [0.5, 0.6) is 5.75 Å². The number of hydrogen-bond donors (Lipinski definition) is 1. The summed E-state index contributed by atoms with van der Waals surface area (Å²) in [5, 5.41) is 0. The highest BCUT2D eigenvalue weighted by molar-refractivity contribution is 5.32. The van der Waals surface area contributed by atoms with Gasteiger partial charge < -0.3 is 15.4 Å². The average Bonchev–Trinajstić information content (AvgIpc) is 2.46. The summed E-state index contributed by atoms with van der Waals surface area (Å²) in [4.78, 5) is 2.37. The molecule has 0 spiro atoms. The second-order valence-electron chi connectivity index (χ2n) is 6.27. The molecule has 1 aromatic carbocycles. The van der Waals surface area contributed by atoms with Gasteiger partial charge in [0.05, 0.1) is 7.11 Å². The molecule has 2 N–H and O–H groups in total.